The number of aliphatic hydroxyl groups is 1. The van der Waals surface area contributed by atoms with Gasteiger partial charge in [0, 0.05) is 25.7 Å². The van der Waals surface area contributed by atoms with E-state index in [0.717, 1.165) is 148 Å². The number of hydrogen-bond acceptors (Lipinski definition) is 15. The molecule has 0 saturated carbocycles. The second-order valence-electron chi connectivity index (χ2n) is 26.6. The van der Waals surface area contributed by atoms with Gasteiger partial charge in [0.15, 0.2) is 12.2 Å². The van der Waals surface area contributed by atoms with Gasteiger partial charge in [0.05, 0.1) is 26.4 Å². The monoisotopic (exact) mass is 1500 g/mol. The minimum Gasteiger partial charge on any atom is -0.462 e. The van der Waals surface area contributed by atoms with Crippen molar-refractivity contribution in [1.82, 2.24) is 0 Å². The van der Waals surface area contributed by atoms with Crippen LogP contribution in [0.25, 0.3) is 0 Å². The molecule has 0 amide bonds. The molecule has 5 unspecified atom stereocenters. The zero-order chi connectivity index (χ0) is 76.0. The summed E-state index contributed by atoms with van der Waals surface area (Å²) in [5.41, 5.74) is 0. The van der Waals surface area contributed by atoms with Gasteiger partial charge in [-0.1, -0.05) is 296 Å². The molecule has 0 aromatic heterocycles. The first kappa shape index (κ1) is 99.2. The van der Waals surface area contributed by atoms with Crippen molar-refractivity contribution in [3.05, 3.63) is 134 Å². The average Bonchev–Trinajstić information content (AvgIpc) is 0.911. The van der Waals surface area contributed by atoms with Crippen molar-refractivity contribution in [2.45, 2.75) is 341 Å². The summed E-state index contributed by atoms with van der Waals surface area (Å²) in [6.45, 7) is 4.55. The Morgan fingerprint density at radius 3 is 0.827 bits per heavy atom. The number of phosphoric ester groups is 2. The van der Waals surface area contributed by atoms with E-state index in [1.807, 2.05) is 12.2 Å². The third-order valence-corrected chi connectivity index (χ3v) is 18.5. The Bertz CT molecular complexity index is 2490. The Labute approximate surface area is 631 Å². The van der Waals surface area contributed by atoms with E-state index in [9.17, 15) is 43.2 Å². The average molecular weight is 1500 g/mol. The number of esters is 4. The van der Waals surface area contributed by atoms with Gasteiger partial charge in [0.2, 0.25) is 0 Å². The van der Waals surface area contributed by atoms with Crippen LogP contribution in [0.15, 0.2) is 134 Å². The van der Waals surface area contributed by atoms with Gasteiger partial charge >= 0.3 is 39.5 Å². The fourth-order valence-electron chi connectivity index (χ4n) is 10.5. The summed E-state index contributed by atoms with van der Waals surface area (Å²) in [7, 11) is -9.99. The lowest BCUT2D eigenvalue weighted by Gasteiger charge is -2.21. The quantitative estimate of drug-likeness (QED) is 0.0169. The first-order valence-electron chi connectivity index (χ1n) is 40.4. The zero-order valence-corrected chi connectivity index (χ0v) is 66.9. The van der Waals surface area contributed by atoms with Gasteiger partial charge < -0.3 is 33.8 Å². The fraction of sp³-hybridized carbons (Fsp3) is 0.694. The van der Waals surface area contributed by atoms with Crippen LogP contribution in [-0.4, -0.2) is 96.7 Å². The summed E-state index contributed by atoms with van der Waals surface area (Å²) in [6, 6.07) is 0. The number of phosphoric acid groups is 2. The number of aliphatic hydroxyl groups excluding tert-OH is 1. The minimum absolute atomic E-state index is 0.0741. The van der Waals surface area contributed by atoms with Crippen molar-refractivity contribution in [3.63, 3.8) is 0 Å². The molecule has 0 spiro atoms. The molecule has 0 radical (unpaired) electrons. The van der Waals surface area contributed by atoms with Crippen LogP contribution in [0.2, 0.25) is 0 Å². The van der Waals surface area contributed by atoms with E-state index >= 15 is 0 Å². The number of ether oxygens (including phenoxy) is 4. The zero-order valence-electron chi connectivity index (χ0n) is 65.2. The number of hydrogen-bond donors (Lipinski definition) is 3. The maximum atomic E-state index is 13.1. The van der Waals surface area contributed by atoms with E-state index in [1.165, 1.54) is 89.9 Å². The van der Waals surface area contributed by atoms with Crippen LogP contribution in [0.4, 0.5) is 0 Å². The molecule has 0 fully saturated rings. The van der Waals surface area contributed by atoms with Crippen molar-refractivity contribution in [2.75, 3.05) is 39.6 Å². The second-order valence-corrected chi connectivity index (χ2v) is 29.5. The maximum absolute atomic E-state index is 13.1. The fourth-order valence-corrected chi connectivity index (χ4v) is 12.1. The molecule has 5 atom stereocenters. The lowest BCUT2D eigenvalue weighted by Crippen LogP contribution is -2.30. The van der Waals surface area contributed by atoms with Crippen molar-refractivity contribution < 1.29 is 80.2 Å². The summed E-state index contributed by atoms with van der Waals surface area (Å²) in [4.78, 5) is 73.0. The van der Waals surface area contributed by atoms with Crippen LogP contribution in [0, 0.1) is 0 Å². The Morgan fingerprint density at radius 1 is 0.279 bits per heavy atom. The van der Waals surface area contributed by atoms with E-state index < -0.39 is 97.5 Å². The summed E-state index contributed by atoms with van der Waals surface area (Å²) < 4.78 is 68.6. The van der Waals surface area contributed by atoms with E-state index in [-0.39, 0.29) is 25.7 Å². The summed E-state index contributed by atoms with van der Waals surface area (Å²) in [5.74, 6) is -2.28. The van der Waals surface area contributed by atoms with E-state index in [1.54, 1.807) is 0 Å². The third-order valence-electron chi connectivity index (χ3n) is 16.6. The third kappa shape index (κ3) is 75.4. The SMILES string of the molecule is CC/C=C\C/C=C\C/C=C\C/C=C\C/C=C\CCCCCC(=O)OCC(COP(=O)(O)OCC(O)COP(=O)(O)OCC(COC(=O)CCC/C=C\C/C=C\C/C=C\C/C=C\C/C=C\CC)OC(=O)CCCCCCCCCCCCCCC)OC(=O)CCCCCCC/C=C\CCCCCCCC. The van der Waals surface area contributed by atoms with E-state index in [4.69, 9.17) is 37.0 Å². The largest absolute Gasteiger partial charge is 0.472 e. The highest BCUT2D eigenvalue weighted by molar-refractivity contribution is 7.47. The lowest BCUT2D eigenvalue weighted by molar-refractivity contribution is -0.161. The Hall–Kier alpha value is -4.80. The van der Waals surface area contributed by atoms with Gasteiger partial charge in [-0.05, 0) is 135 Å². The molecule has 0 saturated heterocycles. The van der Waals surface area contributed by atoms with Crippen molar-refractivity contribution in [1.29, 1.82) is 0 Å². The van der Waals surface area contributed by atoms with Gasteiger partial charge in [-0.2, -0.15) is 0 Å². The predicted molar refractivity (Wildman–Crippen MR) is 427 cm³/mol. The molecule has 0 rings (SSSR count). The minimum atomic E-state index is -4.99. The summed E-state index contributed by atoms with van der Waals surface area (Å²) >= 11 is 0. The Morgan fingerprint density at radius 2 is 0.510 bits per heavy atom. The highest BCUT2D eigenvalue weighted by Crippen LogP contribution is 2.45. The number of rotatable bonds is 75. The topological polar surface area (TPSA) is 237 Å². The van der Waals surface area contributed by atoms with Crippen LogP contribution in [0.5, 0.6) is 0 Å². The Balaban J connectivity index is 5.43. The maximum Gasteiger partial charge on any atom is 0.472 e. The second kappa shape index (κ2) is 76.4. The van der Waals surface area contributed by atoms with Crippen LogP contribution in [0.1, 0.15) is 323 Å². The van der Waals surface area contributed by atoms with Crippen molar-refractivity contribution in [3.8, 4) is 0 Å². The smallest absolute Gasteiger partial charge is 0.462 e. The predicted octanol–water partition coefficient (Wildman–Crippen LogP) is 23.7. The number of carbonyl (C=O) groups excluding carboxylic acids is 4. The molecule has 0 aliphatic carbocycles. The van der Waals surface area contributed by atoms with Crippen molar-refractivity contribution in [2.24, 2.45) is 0 Å². The summed E-state index contributed by atoms with van der Waals surface area (Å²) in [5, 5.41) is 10.6. The van der Waals surface area contributed by atoms with Crippen LogP contribution in [0.3, 0.4) is 0 Å². The van der Waals surface area contributed by atoms with Crippen LogP contribution < -0.4 is 0 Å². The highest BCUT2D eigenvalue weighted by Gasteiger charge is 2.30. The van der Waals surface area contributed by atoms with Crippen LogP contribution >= 0.6 is 15.6 Å². The lowest BCUT2D eigenvalue weighted by atomic mass is 10.0. The number of carbonyl (C=O) groups is 4. The molecule has 596 valence electrons. The van der Waals surface area contributed by atoms with Gasteiger partial charge in [0.1, 0.15) is 19.3 Å². The molecule has 17 nitrogen and oxygen atoms in total. The summed E-state index contributed by atoms with van der Waals surface area (Å²) in [6.07, 6.45) is 85.8. The molecule has 104 heavy (non-hydrogen) atoms. The first-order chi connectivity index (χ1) is 50.7. The van der Waals surface area contributed by atoms with Gasteiger partial charge in [-0.15, -0.1) is 0 Å². The molecular formula is C85H144O17P2. The highest BCUT2D eigenvalue weighted by atomic mass is 31.2. The van der Waals surface area contributed by atoms with Crippen LogP contribution in [-0.2, 0) is 65.4 Å². The molecule has 0 aliphatic heterocycles. The molecule has 19 heteroatoms. The Kier molecular flexibility index (Phi) is 72.9. The molecule has 0 bridgehead atoms. The van der Waals surface area contributed by atoms with Gasteiger partial charge in [-0.25, -0.2) is 9.13 Å². The van der Waals surface area contributed by atoms with Gasteiger partial charge in [0.25, 0.3) is 0 Å². The molecule has 0 aliphatic rings. The molecule has 0 aromatic rings. The first-order valence-corrected chi connectivity index (χ1v) is 43.4. The standard InChI is InChI=1S/C85H144O17P2/c1-5-9-13-17-21-25-29-33-36-38-39-41-44-47-50-54-58-62-66-70-83(88)96-76-81(102-85(90)72-68-64-60-56-52-48-42-35-31-27-23-19-15-11-7-3)78-100-104(93,94)98-74-79(86)73-97-103(91,92)99-77-80(101-84(89)71-67-63-59-55-51-45-32-28-24-20-16-12-8-4)75-95-82(87)69-65-61-57-53-49-46-43-40-37-34-30-26-22-18-14-10-6-2/h9-10,13-14,21-22,25-26,33-37,39,41-43,46-47,50,53,57,79-81,86H,5-8,11-12,15-20,23-24,27-32,38,40,44-45,48-49,51-52,54-56,58-78H2,1-4H3,(H,91,92)(H,93,94)/b13-9-,14-10-,25-21-,26-22-,36-33-,37-34-,41-39-,42-35-,46-43-,50-47-,57-53-. The van der Waals surface area contributed by atoms with Gasteiger partial charge in [-0.3, -0.25) is 37.3 Å². The normalized spacial score (nSPS) is 14.6. The van der Waals surface area contributed by atoms with Crippen molar-refractivity contribution >= 4 is 39.5 Å². The van der Waals surface area contributed by atoms with E-state index in [0.29, 0.717) is 32.1 Å². The molecular weight excluding hydrogens is 1350 g/mol. The molecule has 0 heterocycles. The number of allylic oxidation sites excluding steroid dienone is 22. The number of unbranched alkanes of at least 4 members (excludes halogenated alkanes) is 27. The molecule has 0 aromatic carbocycles. The molecule has 3 N–H and O–H groups in total. The van der Waals surface area contributed by atoms with E-state index in [2.05, 4.69) is 149 Å².